The summed E-state index contributed by atoms with van der Waals surface area (Å²) < 4.78 is 34.9. The van der Waals surface area contributed by atoms with Crippen LogP contribution in [0.2, 0.25) is 0 Å². The van der Waals surface area contributed by atoms with E-state index in [1.165, 1.54) is 11.3 Å². The fourth-order valence-corrected chi connectivity index (χ4v) is 4.15. The predicted octanol–water partition coefficient (Wildman–Crippen LogP) is 3.79. The first-order valence-electron chi connectivity index (χ1n) is 9.10. The van der Waals surface area contributed by atoms with Gasteiger partial charge in [-0.2, -0.15) is 4.58 Å². The third-order valence-electron chi connectivity index (χ3n) is 5.56. The summed E-state index contributed by atoms with van der Waals surface area (Å²) in [6.45, 7) is 6.96. The molecule has 1 aliphatic rings. The maximum absolute atomic E-state index is 10.9. The Kier molecular flexibility index (Phi) is 5.14. The molecule has 5 nitrogen and oxygen atoms in total. The van der Waals surface area contributed by atoms with Crippen molar-refractivity contribution in [3.05, 3.63) is 54.1 Å². The number of anilines is 2. The summed E-state index contributed by atoms with van der Waals surface area (Å²) in [7, 11) is -2.13. The molecule has 3 rings (SSSR count). The Morgan fingerprint density at radius 1 is 1.07 bits per heavy atom. The molecule has 144 valence electrons. The number of hydrogen-bond acceptors (Lipinski definition) is 4. The van der Waals surface area contributed by atoms with Gasteiger partial charge >= 0.3 is 0 Å². The van der Waals surface area contributed by atoms with Gasteiger partial charge in [0.1, 0.15) is 6.54 Å². The zero-order valence-electron chi connectivity index (χ0n) is 16.3. The molecule has 0 saturated heterocycles. The normalized spacial score (nSPS) is 15.7. The molecule has 2 aromatic rings. The van der Waals surface area contributed by atoms with E-state index < -0.39 is 10.1 Å². The van der Waals surface area contributed by atoms with E-state index in [2.05, 4.69) is 60.6 Å². The van der Waals surface area contributed by atoms with Gasteiger partial charge in [-0.05, 0) is 38.1 Å². The molecule has 0 fully saturated rings. The molecule has 0 bridgehead atoms. The minimum atomic E-state index is -4.18. The quantitative estimate of drug-likeness (QED) is 0.560. The largest absolute Gasteiger partial charge is 0.748 e. The molecule has 0 aliphatic carbocycles. The van der Waals surface area contributed by atoms with Crippen LogP contribution in [0.25, 0.3) is 0 Å². The van der Waals surface area contributed by atoms with Gasteiger partial charge in [0.15, 0.2) is 5.71 Å². The molecule has 0 atom stereocenters. The molecule has 6 heteroatoms. The van der Waals surface area contributed by atoms with Crippen molar-refractivity contribution in [1.82, 2.24) is 0 Å². The van der Waals surface area contributed by atoms with Gasteiger partial charge in [0, 0.05) is 49.1 Å². The highest BCUT2D eigenvalue weighted by Crippen LogP contribution is 2.42. The molecule has 1 heterocycles. The average molecular weight is 387 g/mol. The van der Waals surface area contributed by atoms with Gasteiger partial charge in [0.05, 0.1) is 15.5 Å². The zero-order valence-corrected chi connectivity index (χ0v) is 17.1. The Morgan fingerprint density at radius 2 is 1.74 bits per heavy atom. The first-order chi connectivity index (χ1) is 12.6. The lowest BCUT2D eigenvalue weighted by molar-refractivity contribution is -0.438. The van der Waals surface area contributed by atoms with Crippen LogP contribution < -0.4 is 4.90 Å². The van der Waals surface area contributed by atoms with Gasteiger partial charge in [-0.25, -0.2) is 8.42 Å². The summed E-state index contributed by atoms with van der Waals surface area (Å²) in [6.07, 6.45) is 0.324. The lowest BCUT2D eigenvalue weighted by Crippen LogP contribution is -2.27. The summed E-state index contributed by atoms with van der Waals surface area (Å²) in [5, 5.41) is 0. The molecule has 2 aromatic carbocycles. The molecule has 0 amide bonds. The highest BCUT2D eigenvalue weighted by molar-refractivity contribution is 7.85. The van der Waals surface area contributed by atoms with E-state index >= 15 is 0 Å². The van der Waals surface area contributed by atoms with Crippen molar-refractivity contribution >= 4 is 32.9 Å². The van der Waals surface area contributed by atoms with Gasteiger partial charge in [-0.15, -0.1) is 0 Å². The Labute approximate surface area is 161 Å². The van der Waals surface area contributed by atoms with Crippen molar-refractivity contribution in [3.63, 3.8) is 0 Å². The van der Waals surface area contributed by atoms with Crippen molar-refractivity contribution in [1.29, 1.82) is 0 Å². The minimum absolute atomic E-state index is 0.154. The van der Waals surface area contributed by atoms with Crippen LogP contribution in [0.3, 0.4) is 0 Å². The lowest BCUT2D eigenvalue weighted by Gasteiger charge is -2.22. The highest BCUT2D eigenvalue weighted by Gasteiger charge is 2.43. The molecule has 0 unspecified atom stereocenters. The van der Waals surface area contributed by atoms with E-state index in [9.17, 15) is 13.0 Å². The maximum Gasteiger partial charge on any atom is 0.209 e. The smallest absolute Gasteiger partial charge is 0.209 e. The van der Waals surface area contributed by atoms with E-state index in [1.807, 2.05) is 25.2 Å². The minimum Gasteiger partial charge on any atom is -0.748 e. The van der Waals surface area contributed by atoms with Crippen LogP contribution in [-0.2, 0) is 15.5 Å². The summed E-state index contributed by atoms with van der Waals surface area (Å²) in [5.41, 5.74) is 5.53. The summed E-state index contributed by atoms with van der Waals surface area (Å²) in [4.78, 5) is 2.15. The average Bonchev–Trinajstić information content (AvgIpc) is 2.81. The number of rotatable bonds is 6. The van der Waals surface area contributed by atoms with Crippen molar-refractivity contribution < 1.29 is 17.5 Å². The first kappa shape index (κ1) is 19.6. The topological polar surface area (TPSA) is 63.4 Å². The van der Waals surface area contributed by atoms with Crippen molar-refractivity contribution in [2.24, 2.45) is 0 Å². The van der Waals surface area contributed by atoms with Crippen LogP contribution in [-0.4, -0.2) is 42.6 Å². The van der Waals surface area contributed by atoms with Crippen molar-refractivity contribution in [2.45, 2.75) is 32.6 Å². The van der Waals surface area contributed by atoms with Gasteiger partial charge < -0.3 is 9.45 Å². The SMILES string of the molecule is CC1=[N+](CCCS(=O)(=O)[O-])c2ccc(N(C)c3ccccc3)cc2C1(C)C. The Morgan fingerprint density at radius 3 is 2.37 bits per heavy atom. The van der Waals surface area contributed by atoms with Crippen LogP contribution in [0.15, 0.2) is 48.5 Å². The number of fused-ring (bicyclic) bond motifs is 1. The van der Waals surface area contributed by atoms with E-state index in [0.29, 0.717) is 13.0 Å². The second-order valence-corrected chi connectivity index (χ2v) is 9.10. The second kappa shape index (κ2) is 7.09. The fraction of sp³-hybridized carbons (Fsp3) is 0.381. The molecule has 1 aliphatic heterocycles. The summed E-state index contributed by atoms with van der Waals surface area (Å²) >= 11 is 0. The van der Waals surface area contributed by atoms with E-state index in [4.69, 9.17) is 0 Å². The third kappa shape index (κ3) is 3.92. The monoisotopic (exact) mass is 386 g/mol. The predicted molar refractivity (Wildman–Crippen MR) is 109 cm³/mol. The van der Waals surface area contributed by atoms with Crippen molar-refractivity contribution in [2.75, 3.05) is 24.2 Å². The van der Waals surface area contributed by atoms with Crippen LogP contribution in [0, 0.1) is 0 Å². The van der Waals surface area contributed by atoms with Crippen LogP contribution in [0.1, 0.15) is 32.8 Å². The van der Waals surface area contributed by atoms with E-state index in [-0.39, 0.29) is 11.2 Å². The maximum atomic E-state index is 10.9. The number of benzene rings is 2. The van der Waals surface area contributed by atoms with E-state index in [1.54, 1.807) is 0 Å². The molecular weight excluding hydrogens is 360 g/mol. The van der Waals surface area contributed by atoms with Gasteiger partial charge in [0.2, 0.25) is 5.69 Å². The van der Waals surface area contributed by atoms with Crippen molar-refractivity contribution in [3.8, 4) is 0 Å². The molecule has 0 saturated carbocycles. The van der Waals surface area contributed by atoms with Crippen LogP contribution in [0.5, 0.6) is 0 Å². The zero-order chi connectivity index (χ0) is 19.8. The third-order valence-corrected chi connectivity index (χ3v) is 6.35. The Hall–Kier alpha value is -2.18. The Bertz CT molecular complexity index is 980. The first-order valence-corrected chi connectivity index (χ1v) is 10.7. The molecule has 0 radical (unpaired) electrons. The lowest BCUT2D eigenvalue weighted by atomic mass is 9.82. The van der Waals surface area contributed by atoms with Crippen LogP contribution in [0.4, 0.5) is 17.1 Å². The summed E-state index contributed by atoms with van der Waals surface area (Å²) in [6, 6.07) is 16.6. The fourth-order valence-electron chi connectivity index (χ4n) is 3.67. The number of hydrogen-bond donors (Lipinski definition) is 0. The summed E-state index contributed by atoms with van der Waals surface area (Å²) in [5.74, 6) is -0.332. The Balaban J connectivity index is 1.92. The molecule has 27 heavy (non-hydrogen) atoms. The van der Waals surface area contributed by atoms with Crippen LogP contribution >= 0.6 is 0 Å². The molecule has 0 aromatic heterocycles. The van der Waals surface area contributed by atoms with Gasteiger partial charge in [-0.3, -0.25) is 0 Å². The van der Waals surface area contributed by atoms with E-state index in [0.717, 1.165) is 17.1 Å². The second-order valence-electron chi connectivity index (χ2n) is 7.57. The molecular formula is C21H26N2O3S. The highest BCUT2D eigenvalue weighted by atomic mass is 32.2. The van der Waals surface area contributed by atoms with Gasteiger partial charge in [0.25, 0.3) is 0 Å². The molecule has 0 N–H and O–H groups in total. The number of para-hydroxylation sites is 1. The molecule has 0 spiro atoms. The number of nitrogens with zero attached hydrogens (tertiary/aromatic N) is 2. The standard InChI is InChI=1S/C21H26N2O3S/c1-16-21(2,3)19-15-18(22(4)17-9-6-5-7-10-17)11-12-20(19)23(16)13-8-14-27(24,25)26/h5-7,9-12,15H,8,13-14H2,1-4H3. The van der Waals surface area contributed by atoms with Gasteiger partial charge in [-0.1, -0.05) is 18.2 Å².